The van der Waals surface area contributed by atoms with Gasteiger partial charge in [-0.2, -0.15) is 4.31 Å². The summed E-state index contributed by atoms with van der Waals surface area (Å²) in [7, 11) is -7.46. The average molecular weight is 405 g/mol. The zero-order valence-electron chi connectivity index (χ0n) is 14.6. The molecule has 1 aromatic carbocycles. The number of benzene rings is 1. The standard InChI is InChI=1S/C16H23NO7S2/c1-3-9-16(15(19)20)11-17(10-8-14(16)18)26(23,24)13-6-4-12(5-7-13)25(2,21)22/h4-7,14,18H,3,8-11H2,1-2H3,(H,19,20)/t14-,16+/m1/s1. The van der Waals surface area contributed by atoms with Gasteiger partial charge in [-0.1, -0.05) is 13.3 Å². The van der Waals surface area contributed by atoms with E-state index in [1.165, 1.54) is 24.3 Å². The smallest absolute Gasteiger partial charge is 0.313 e. The summed E-state index contributed by atoms with van der Waals surface area (Å²) in [5.74, 6) is -1.22. The fourth-order valence-corrected chi connectivity index (χ4v) is 5.42. The van der Waals surface area contributed by atoms with Gasteiger partial charge in [-0.25, -0.2) is 16.8 Å². The monoisotopic (exact) mass is 405 g/mol. The van der Waals surface area contributed by atoms with Gasteiger partial charge in [0.15, 0.2) is 9.84 Å². The van der Waals surface area contributed by atoms with E-state index >= 15 is 0 Å². The van der Waals surface area contributed by atoms with E-state index in [2.05, 4.69) is 0 Å². The van der Waals surface area contributed by atoms with Crippen LogP contribution >= 0.6 is 0 Å². The number of aliphatic hydroxyl groups excluding tert-OH is 1. The van der Waals surface area contributed by atoms with Crippen LogP contribution in [0.3, 0.4) is 0 Å². The number of carbonyl (C=O) groups is 1. The zero-order chi connectivity index (χ0) is 19.8. The van der Waals surface area contributed by atoms with Gasteiger partial charge in [-0.05, 0) is 37.1 Å². The van der Waals surface area contributed by atoms with Crippen molar-refractivity contribution in [2.24, 2.45) is 5.41 Å². The molecule has 0 unspecified atom stereocenters. The molecule has 2 atom stereocenters. The lowest BCUT2D eigenvalue weighted by Gasteiger charge is -2.42. The normalized spacial score (nSPS) is 25.1. The van der Waals surface area contributed by atoms with Crippen LogP contribution in [0.25, 0.3) is 0 Å². The number of sulfone groups is 1. The van der Waals surface area contributed by atoms with Gasteiger partial charge in [0.1, 0.15) is 5.41 Å². The number of aliphatic carboxylic acids is 1. The number of sulfonamides is 1. The lowest BCUT2D eigenvalue weighted by molar-refractivity contribution is -0.161. The summed E-state index contributed by atoms with van der Waals surface area (Å²) in [6.07, 6.45) is 0.559. The molecule has 0 bridgehead atoms. The first-order valence-electron chi connectivity index (χ1n) is 8.17. The minimum absolute atomic E-state index is 0.00335. The van der Waals surface area contributed by atoms with Gasteiger partial charge in [0.05, 0.1) is 15.9 Å². The minimum Gasteiger partial charge on any atom is -0.481 e. The van der Waals surface area contributed by atoms with E-state index in [1.54, 1.807) is 6.92 Å². The summed E-state index contributed by atoms with van der Waals surface area (Å²) in [6, 6.07) is 4.80. The molecule has 0 aliphatic carbocycles. The Labute approximate surface area is 153 Å². The van der Waals surface area contributed by atoms with Crippen molar-refractivity contribution in [1.82, 2.24) is 4.31 Å². The Morgan fingerprint density at radius 2 is 1.73 bits per heavy atom. The summed E-state index contributed by atoms with van der Waals surface area (Å²) >= 11 is 0. The van der Waals surface area contributed by atoms with E-state index in [1.807, 2.05) is 0 Å². The third kappa shape index (κ3) is 3.78. The zero-order valence-corrected chi connectivity index (χ0v) is 16.3. The van der Waals surface area contributed by atoms with Gasteiger partial charge in [0, 0.05) is 19.3 Å². The molecule has 1 saturated heterocycles. The number of nitrogens with zero attached hydrogens (tertiary/aromatic N) is 1. The Bertz CT molecular complexity index is 878. The van der Waals surface area contributed by atoms with Crippen LogP contribution in [0.4, 0.5) is 0 Å². The van der Waals surface area contributed by atoms with E-state index in [0.29, 0.717) is 6.42 Å². The molecule has 2 N–H and O–H groups in total. The molecule has 1 fully saturated rings. The third-order valence-electron chi connectivity index (χ3n) is 4.76. The van der Waals surface area contributed by atoms with E-state index in [-0.39, 0.29) is 35.7 Å². The van der Waals surface area contributed by atoms with Crippen LogP contribution in [0.5, 0.6) is 0 Å². The Morgan fingerprint density at radius 3 is 2.19 bits per heavy atom. The van der Waals surface area contributed by atoms with Crippen molar-refractivity contribution in [1.29, 1.82) is 0 Å². The summed E-state index contributed by atoms with van der Waals surface area (Å²) in [6.45, 7) is 1.44. The van der Waals surface area contributed by atoms with Crippen LogP contribution in [-0.2, 0) is 24.7 Å². The molecule has 8 nitrogen and oxygen atoms in total. The van der Waals surface area contributed by atoms with Crippen molar-refractivity contribution < 1.29 is 31.8 Å². The van der Waals surface area contributed by atoms with Crippen molar-refractivity contribution in [2.45, 2.75) is 42.1 Å². The van der Waals surface area contributed by atoms with Crippen molar-refractivity contribution in [3.05, 3.63) is 24.3 Å². The first-order chi connectivity index (χ1) is 11.9. The second-order valence-electron chi connectivity index (χ2n) is 6.60. The second-order valence-corrected chi connectivity index (χ2v) is 10.6. The molecule has 0 radical (unpaired) electrons. The second kappa shape index (κ2) is 7.26. The molecule has 0 saturated carbocycles. The van der Waals surface area contributed by atoms with Crippen LogP contribution < -0.4 is 0 Å². The van der Waals surface area contributed by atoms with Crippen molar-refractivity contribution in [2.75, 3.05) is 19.3 Å². The van der Waals surface area contributed by atoms with Gasteiger partial charge in [0.25, 0.3) is 0 Å². The highest BCUT2D eigenvalue weighted by Crippen LogP contribution is 2.37. The van der Waals surface area contributed by atoms with E-state index in [4.69, 9.17) is 0 Å². The van der Waals surface area contributed by atoms with Crippen molar-refractivity contribution >= 4 is 25.8 Å². The number of carboxylic acid groups (broad SMARTS) is 1. The van der Waals surface area contributed by atoms with E-state index in [0.717, 1.165) is 10.6 Å². The Balaban J connectivity index is 2.38. The summed E-state index contributed by atoms with van der Waals surface area (Å²) in [5, 5.41) is 19.9. The molecular formula is C16H23NO7S2. The molecule has 1 aromatic rings. The Hall–Kier alpha value is -1.49. The molecule has 1 aliphatic rings. The highest BCUT2D eigenvalue weighted by Gasteiger charge is 2.50. The largest absolute Gasteiger partial charge is 0.481 e. The predicted molar refractivity (Wildman–Crippen MR) is 93.9 cm³/mol. The Morgan fingerprint density at radius 1 is 1.19 bits per heavy atom. The van der Waals surface area contributed by atoms with E-state index in [9.17, 15) is 31.8 Å². The average Bonchev–Trinajstić information content (AvgIpc) is 2.56. The van der Waals surface area contributed by atoms with Crippen molar-refractivity contribution in [3.8, 4) is 0 Å². The molecular weight excluding hydrogens is 382 g/mol. The van der Waals surface area contributed by atoms with Crippen LogP contribution in [0, 0.1) is 5.41 Å². The molecule has 26 heavy (non-hydrogen) atoms. The topological polar surface area (TPSA) is 129 Å². The molecule has 0 aromatic heterocycles. The lowest BCUT2D eigenvalue weighted by atomic mass is 9.74. The molecule has 0 spiro atoms. The van der Waals surface area contributed by atoms with E-state index < -0.39 is 37.3 Å². The predicted octanol–water partition coefficient (Wildman–Crippen LogP) is 0.716. The number of aliphatic hydroxyl groups is 1. The van der Waals surface area contributed by atoms with Crippen LogP contribution in [0.15, 0.2) is 34.1 Å². The third-order valence-corrected chi connectivity index (χ3v) is 7.75. The van der Waals surface area contributed by atoms with Gasteiger partial charge in [0.2, 0.25) is 10.0 Å². The minimum atomic E-state index is -4.01. The summed E-state index contributed by atoms with van der Waals surface area (Å²) < 4.78 is 49.8. The van der Waals surface area contributed by atoms with Gasteiger partial charge in [-0.15, -0.1) is 0 Å². The first kappa shape index (κ1) is 20.8. The lowest BCUT2D eigenvalue weighted by Crippen LogP contribution is -2.57. The number of hydrogen-bond donors (Lipinski definition) is 2. The highest BCUT2D eigenvalue weighted by molar-refractivity contribution is 7.90. The number of piperidine rings is 1. The summed E-state index contributed by atoms with van der Waals surface area (Å²) in [5.41, 5.74) is -1.55. The SMILES string of the molecule is CCC[C@]1(C(=O)O)CN(S(=O)(=O)c2ccc(S(C)(=O)=O)cc2)CC[C@H]1O. The van der Waals surface area contributed by atoms with Gasteiger partial charge < -0.3 is 10.2 Å². The molecule has 2 rings (SSSR count). The van der Waals surface area contributed by atoms with Gasteiger partial charge >= 0.3 is 5.97 Å². The molecule has 146 valence electrons. The number of carboxylic acids is 1. The van der Waals surface area contributed by atoms with Crippen molar-refractivity contribution in [3.63, 3.8) is 0 Å². The molecule has 1 heterocycles. The fraction of sp³-hybridized carbons (Fsp3) is 0.562. The fourth-order valence-electron chi connectivity index (χ4n) is 3.26. The number of hydrogen-bond acceptors (Lipinski definition) is 6. The molecule has 0 amide bonds. The maximum atomic E-state index is 12.9. The maximum absolute atomic E-state index is 12.9. The van der Waals surface area contributed by atoms with Crippen LogP contribution in [-0.4, -0.2) is 62.8 Å². The first-order valence-corrected chi connectivity index (χ1v) is 11.5. The number of rotatable bonds is 6. The Kier molecular flexibility index (Phi) is 5.81. The quantitative estimate of drug-likeness (QED) is 0.713. The van der Waals surface area contributed by atoms with Crippen LogP contribution in [0.1, 0.15) is 26.2 Å². The van der Waals surface area contributed by atoms with Crippen LogP contribution in [0.2, 0.25) is 0 Å². The highest BCUT2D eigenvalue weighted by atomic mass is 32.2. The summed E-state index contributed by atoms with van der Waals surface area (Å²) in [4.78, 5) is 11.7. The molecule has 1 aliphatic heterocycles. The maximum Gasteiger partial charge on any atom is 0.313 e. The molecule has 10 heteroatoms. The van der Waals surface area contributed by atoms with Gasteiger partial charge in [-0.3, -0.25) is 4.79 Å².